The van der Waals surface area contributed by atoms with Gasteiger partial charge in [-0.3, -0.25) is 19.3 Å². The molecule has 31 heavy (non-hydrogen) atoms. The van der Waals surface area contributed by atoms with Crippen molar-refractivity contribution < 1.29 is 23.9 Å². The zero-order valence-electron chi connectivity index (χ0n) is 17.1. The van der Waals surface area contributed by atoms with Gasteiger partial charge in [-0.15, -0.1) is 0 Å². The first-order chi connectivity index (χ1) is 14.8. The fraction of sp³-hybridized carbons (Fsp3) is 0.261. The van der Waals surface area contributed by atoms with E-state index in [4.69, 9.17) is 10.00 Å². The van der Waals surface area contributed by atoms with Crippen molar-refractivity contribution in [1.82, 2.24) is 4.90 Å². The summed E-state index contributed by atoms with van der Waals surface area (Å²) in [6.07, 6.45) is 0.198. The average molecular weight is 419 g/mol. The van der Waals surface area contributed by atoms with Crippen LogP contribution in [0.3, 0.4) is 0 Å². The van der Waals surface area contributed by atoms with Gasteiger partial charge >= 0.3 is 5.97 Å². The highest BCUT2D eigenvalue weighted by molar-refractivity contribution is 6.22. The molecule has 1 aliphatic heterocycles. The molecular formula is C23H21N3O5. The molecule has 0 saturated heterocycles. The largest absolute Gasteiger partial charge is 0.454 e. The fourth-order valence-electron chi connectivity index (χ4n) is 3.35. The monoisotopic (exact) mass is 419 g/mol. The number of anilines is 1. The van der Waals surface area contributed by atoms with Gasteiger partial charge in [0.15, 0.2) is 6.61 Å². The summed E-state index contributed by atoms with van der Waals surface area (Å²) in [6.45, 7) is 3.09. The predicted octanol–water partition coefficient (Wildman–Crippen LogP) is 2.75. The molecule has 2 aromatic rings. The first-order valence-corrected chi connectivity index (χ1v) is 9.76. The topological polar surface area (TPSA) is 117 Å². The van der Waals surface area contributed by atoms with Gasteiger partial charge in [-0.1, -0.05) is 38.1 Å². The van der Waals surface area contributed by atoms with Gasteiger partial charge in [0.25, 0.3) is 17.7 Å². The van der Waals surface area contributed by atoms with Gasteiger partial charge in [0, 0.05) is 0 Å². The van der Waals surface area contributed by atoms with Crippen LogP contribution < -0.4 is 5.32 Å². The SMILES string of the molecule is CC(C)C[C@H](C(=O)OCC(=O)Nc1ccccc1C#N)N1C(=O)c2ccccc2C1=O. The van der Waals surface area contributed by atoms with Gasteiger partial charge in [-0.05, 0) is 36.6 Å². The first-order valence-electron chi connectivity index (χ1n) is 9.76. The highest BCUT2D eigenvalue weighted by Gasteiger charge is 2.43. The number of esters is 1. The highest BCUT2D eigenvalue weighted by atomic mass is 16.5. The van der Waals surface area contributed by atoms with E-state index in [1.165, 1.54) is 12.1 Å². The number of fused-ring (bicyclic) bond motifs is 1. The first kappa shape index (κ1) is 21.7. The second-order valence-corrected chi connectivity index (χ2v) is 7.48. The Labute approximate surface area is 179 Å². The van der Waals surface area contributed by atoms with Crippen molar-refractivity contribution in [3.8, 4) is 6.07 Å². The van der Waals surface area contributed by atoms with Crippen LogP contribution in [0.15, 0.2) is 48.5 Å². The highest BCUT2D eigenvalue weighted by Crippen LogP contribution is 2.27. The number of hydrogen-bond donors (Lipinski definition) is 1. The standard InChI is InChI=1S/C23H21N3O5/c1-14(2)11-19(26-21(28)16-8-4-5-9-17(16)22(26)29)23(30)31-13-20(27)25-18-10-6-3-7-15(18)12-24/h3-10,14,19H,11,13H2,1-2H3,(H,25,27)/t19-/m1/s1. The Kier molecular flexibility index (Phi) is 6.46. The van der Waals surface area contributed by atoms with E-state index in [1.54, 1.807) is 36.4 Å². The van der Waals surface area contributed by atoms with Crippen molar-refractivity contribution in [2.24, 2.45) is 5.92 Å². The lowest BCUT2D eigenvalue weighted by atomic mass is 10.0. The van der Waals surface area contributed by atoms with E-state index in [1.807, 2.05) is 19.9 Å². The van der Waals surface area contributed by atoms with Crippen LogP contribution in [-0.2, 0) is 14.3 Å². The van der Waals surface area contributed by atoms with Crippen LogP contribution in [0.1, 0.15) is 46.5 Å². The normalized spacial score (nSPS) is 13.5. The Morgan fingerprint density at radius 3 is 2.19 bits per heavy atom. The van der Waals surface area contributed by atoms with E-state index in [2.05, 4.69) is 5.32 Å². The van der Waals surface area contributed by atoms with Crippen LogP contribution in [0.25, 0.3) is 0 Å². The van der Waals surface area contributed by atoms with E-state index in [0.29, 0.717) is 5.69 Å². The minimum absolute atomic E-state index is 0.0156. The van der Waals surface area contributed by atoms with Crippen LogP contribution in [0.5, 0.6) is 0 Å². The maximum atomic E-state index is 12.8. The number of ether oxygens (including phenoxy) is 1. The predicted molar refractivity (Wildman–Crippen MR) is 111 cm³/mol. The molecular weight excluding hydrogens is 398 g/mol. The van der Waals surface area contributed by atoms with Gasteiger partial charge in [0.2, 0.25) is 0 Å². The van der Waals surface area contributed by atoms with Gasteiger partial charge in [0.05, 0.1) is 22.4 Å². The zero-order chi connectivity index (χ0) is 22.5. The summed E-state index contributed by atoms with van der Waals surface area (Å²) in [4.78, 5) is 51.5. The van der Waals surface area contributed by atoms with E-state index in [0.717, 1.165) is 4.90 Å². The molecule has 3 amide bonds. The Morgan fingerprint density at radius 1 is 1.03 bits per heavy atom. The molecule has 1 N–H and O–H groups in total. The van der Waals surface area contributed by atoms with E-state index < -0.39 is 36.3 Å². The van der Waals surface area contributed by atoms with Gasteiger partial charge in [0.1, 0.15) is 12.1 Å². The summed E-state index contributed by atoms with van der Waals surface area (Å²) >= 11 is 0. The number of carbonyl (C=O) groups is 4. The smallest absolute Gasteiger partial charge is 0.329 e. The molecule has 0 bridgehead atoms. The minimum atomic E-state index is -1.15. The summed E-state index contributed by atoms with van der Waals surface area (Å²) in [5, 5.41) is 11.6. The summed E-state index contributed by atoms with van der Waals surface area (Å²) in [5.74, 6) is -2.61. The lowest BCUT2D eigenvalue weighted by molar-refractivity contribution is -0.151. The molecule has 0 saturated carbocycles. The summed E-state index contributed by atoms with van der Waals surface area (Å²) in [6, 6.07) is 13.6. The Morgan fingerprint density at radius 2 is 1.61 bits per heavy atom. The summed E-state index contributed by atoms with van der Waals surface area (Å²) in [5.41, 5.74) is 1.04. The average Bonchev–Trinajstić information content (AvgIpc) is 3.01. The number of benzene rings is 2. The maximum Gasteiger partial charge on any atom is 0.329 e. The van der Waals surface area contributed by atoms with E-state index >= 15 is 0 Å². The molecule has 8 nitrogen and oxygen atoms in total. The molecule has 1 heterocycles. The van der Waals surface area contributed by atoms with Crippen molar-refractivity contribution >= 4 is 29.4 Å². The number of imide groups is 1. The number of amides is 3. The third-order valence-corrected chi connectivity index (χ3v) is 4.77. The molecule has 8 heteroatoms. The number of nitrogens with one attached hydrogen (secondary N) is 1. The molecule has 0 unspecified atom stereocenters. The fourth-order valence-corrected chi connectivity index (χ4v) is 3.35. The molecule has 1 aliphatic rings. The third kappa shape index (κ3) is 4.61. The molecule has 0 aliphatic carbocycles. The molecule has 1 atom stereocenters. The molecule has 0 radical (unpaired) electrons. The second-order valence-electron chi connectivity index (χ2n) is 7.48. The van der Waals surface area contributed by atoms with Gasteiger partial charge < -0.3 is 10.1 Å². The molecule has 0 spiro atoms. The Hall–Kier alpha value is -3.99. The Balaban J connectivity index is 1.71. The molecule has 2 aromatic carbocycles. The Bertz CT molecular complexity index is 1050. The maximum absolute atomic E-state index is 12.8. The number of para-hydroxylation sites is 1. The van der Waals surface area contributed by atoms with Crippen LogP contribution in [-0.4, -0.2) is 41.2 Å². The van der Waals surface area contributed by atoms with Gasteiger partial charge in [-0.2, -0.15) is 5.26 Å². The van der Waals surface area contributed by atoms with E-state index in [-0.39, 0.29) is 29.0 Å². The van der Waals surface area contributed by atoms with Crippen LogP contribution >= 0.6 is 0 Å². The van der Waals surface area contributed by atoms with Crippen LogP contribution in [0.4, 0.5) is 5.69 Å². The van der Waals surface area contributed by atoms with Crippen LogP contribution in [0.2, 0.25) is 0 Å². The van der Waals surface area contributed by atoms with Gasteiger partial charge in [-0.25, -0.2) is 4.79 Å². The molecule has 0 aromatic heterocycles. The second kappa shape index (κ2) is 9.22. The van der Waals surface area contributed by atoms with Crippen molar-refractivity contribution in [2.75, 3.05) is 11.9 Å². The van der Waals surface area contributed by atoms with Crippen molar-refractivity contribution in [1.29, 1.82) is 5.26 Å². The van der Waals surface area contributed by atoms with Crippen LogP contribution in [0, 0.1) is 17.2 Å². The molecule has 3 rings (SSSR count). The minimum Gasteiger partial charge on any atom is -0.454 e. The lowest BCUT2D eigenvalue weighted by Crippen LogP contribution is -2.46. The third-order valence-electron chi connectivity index (χ3n) is 4.77. The number of rotatable bonds is 7. The van der Waals surface area contributed by atoms with Crippen molar-refractivity contribution in [3.05, 3.63) is 65.2 Å². The molecule has 158 valence electrons. The number of nitriles is 1. The summed E-state index contributed by atoms with van der Waals surface area (Å²) < 4.78 is 5.14. The van der Waals surface area contributed by atoms with Crippen molar-refractivity contribution in [2.45, 2.75) is 26.3 Å². The number of carbonyl (C=O) groups excluding carboxylic acids is 4. The summed E-state index contributed by atoms with van der Waals surface area (Å²) in [7, 11) is 0. The van der Waals surface area contributed by atoms with E-state index in [9.17, 15) is 19.2 Å². The molecule has 0 fully saturated rings. The lowest BCUT2D eigenvalue weighted by Gasteiger charge is -2.25. The zero-order valence-corrected chi connectivity index (χ0v) is 17.1. The number of hydrogen-bond acceptors (Lipinski definition) is 6. The quantitative estimate of drug-likeness (QED) is 0.545. The number of nitrogens with zero attached hydrogens (tertiary/aromatic N) is 2. The van der Waals surface area contributed by atoms with Crippen molar-refractivity contribution in [3.63, 3.8) is 0 Å².